The van der Waals surface area contributed by atoms with Gasteiger partial charge in [-0.2, -0.15) is 5.10 Å². The second-order valence-corrected chi connectivity index (χ2v) is 8.22. The molecule has 1 aliphatic rings. The number of aromatic nitrogens is 2. The van der Waals surface area contributed by atoms with Crippen molar-refractivity contribution in [2.75, 3.05) is 19.7 Å². The van der Waals surface area contributed by atoms with Crippen molar-refractivity contribution < 1.29 is 23.5 Å². The third-order valence-corrected chi connectivity index (χ3v) is 5.89. The Kier molecular flexibility index (Phi) is 7.25. The van der Waals surface area contributed by atoms with Crippen LogP contribution in [0.4, 0.5) is 4.39 Å². The van der Waals surface area contributed by atoms with E-state index in [4.69, 9.17) is 9.47 Å². The van der Waals surface area contributed by atoms with Gasteiger partial charge in [0.15, 0.2) is 11.8 Å². The van der Waals surface area contributed by atoms with E-state index in [9.17, 15) is 14.0 Å². The highest BCUT2D eigenvalue weighted by atomic mass is 19.1. The lowest BCUT2D eigenvalue weighted by molar-refractivity contribution is -0.139. The Morgan fingerprint density at radius 1 is 1.09 bits per heavy atom. The van der Waals surface area contributed by atoms with Crippen LogP contribution < -0.4 is 4.74 Å². The van der Waals surface area contributed by atoms with E-state index in [0.29, 0.717) is 37.4 Å². The summed E-state index contributed by atoms with van der Waals surface area (Å²) in [4.78, 5) is 27.0. The number of hydrogen-bond donors (Lipinski definition) is 0. The van der Waals surface area contributed by atoms with E-state index in [1.54, 1.807) is 36.9 Å². The fraction of sp³-hybridized carbons (Fsp3) is 0.346. The number of carbonyl (C=O) groups excluding carboxylic acids is 2. The molecule has 0 spiro atoms. The molecule has 1 fully saturated rings. The molecule has 178 valence electrons. The third-order valence-electron chi connectivity index (χ3n) is 5.89. The Bertz CT molecular complexity index is 1120. The van der Waals surface area contributed by atoms with E-state index in [-0.39, 0.29) is 30.1 Å². The monoisotopic (exact) mass is 465 g/mol. The molecule has 2 aromatic carbocycles. The number of para-hydroxylation sites is 1. The fourth-order valence-corrected chi connectivity index (χ4v) is 4.16. The molecule has 0 unspecified atom stereocenters. The molecule has 0 bridgehead atoms. The van der Waals surface area contributed by atoms with Crippen molar-refractivity contribution in [1.29, 1.82) is 0 Å². The van der Waals surface area contributed by atoms with Gasteiger partial charge in [0.05, 0.1) is 18.3 Å². The zero-order chi connectivity index (χ0) is 24.1. The average molecular weight is 466 g/mol. The average Bonchev–Trinajstić information content (AvgIpc) is 3.30. The zero-order valence-electron chi connectivity index (χ0n) is 19.3. The van der Waals surface area contributed by atoms with Crippen LogP contribution in [-0.4, -0.2) is 52.4 Å². The maximum absolute atomic E-state index is 13.5. The van der Waals surface area contributed by atoms with Gasteiger partial charge in [-0.05, 0) is 69.2 Å². The molecule has 7 nitrogen and oxygen atoms in total. The zero-order valence-corrected chi connectivity index (χ0v) is 19.3. The van der Waals surface area contributed by atoms with Crippen LogP contribution in [0.2, 0.25) is 0 Å². The Morgan fingerprint density at radius 3 is 2.41 bits per heavy atom. The molecule has 0 N–H and O–H groups in total. The molecule has 1 saturated heterocycles. The number of hydrogen-bond acceptors (Lipinski definition) is 5. The number of carbonyl (C=O) groups is 2. The molecular weight excluding hydrogens is 437 g/mol. The lowest BCUT2D eigenvalue weighted by Gasteiger charge is -2.34. The highest BCUT2D eigenvalue weighted by Crippen LogP contribution is 2.30. The number of nitrogens with zero attached hydrogens (tertiary/aromatic N) is 3. The summed E-state index contributed by atoms with van der Waals surface area (Å²) in [6.45, 7) is 4.84. The van der Waals surface area contributed by atoms with Crippen LogP contribution in [0.3, 0.4) is 0 Å². The second kappa shape index (κ2) is 10.5. The summed E-state index contributed by atoms with van der Waals surface area (Å²) >= 11 is 0. The van der Waals surface area contributed by atoms with Crippen molar-refractivity contribution in [2.45, 2.75) is 38.8 Å². The molecule has 0 aliphatic carbocycles. The van der Waals surface area contributed by atoms with Crippen LogP contribution in [0.25, 0.3) is 11.3 Å². The van der Waals surface area contributed by atoms with Crippen LogP contribution in [0, 0.1) is 5.82 Å². The predicted octanol–water partition coefficient (Wildman–Crippen LogP) is 4.50. The molecule has 4 rings (SSSR count). The molecule has 8 heteroatoms. The quantitative estimate of drug-likeness (QED) is 0.481. The first-order valence-corrected chi connectivity index (χ1v) is 11.5. The number of halogens is 1. The number of benzene rings is 2. The van der Waals surface area contributed by atoms with Crippen molar-refractivity contribution in [3.63, 3.8) is 0 Å². The number of ether oxygens (including phenoxy) is 2. The van der Waals surface area contributed by atoms with Crippen LogP contribution in [-0.2, 0) is 9.53 Å². The third kappa shape index (κ3) is 5.27. The van der Waals surface area contributed by atoms with Gasteiger partial charge in [0.1, 0.15) is 11.6 Å². The first-order valence-electron chi connectivity index (χ1n) is 11.5. The van der Waals surface area contributed by atoms with Gasteiger partial charge in [0, 0.05) is 18.7 Å². The maximum Gasteiger partial charge on any atom is 0.358 e. The summed E-state index contributed by atoms with van der Waals surface area (Å²) in [6, 6.07) is 17.0. The fourth-order valence-electron chi connectivity index (χ4n) is 4.16. The molecule has 2 heterocycles. The molecule has 0 radical (unpaired) electrons. The smallest absolute Gasteiger partial charge is 0.358 e. The van der Waals surface area contributed by atoms with E-state index in [2.05, 4.69) is 5.10 Å². The normalized spacial score (nSPS) is 15.1. The molecular formula is C26H28FN3O4. The van der Waals surface area contributed by atoms with Gasteiger partial charge in [-0.3, -0.25) is 9.48 Å². The van der Waals surface area contributed by atoms with Crippen LogP contribution >= 0.6 is 0 Å². The molecule has 1 amide bonds. The van der Waals surface area contributed by atoms with Gasteiger partial charge < -0.3 is 14.4 Å². The van der Waals surface area contributed by atoms with E-state index in [1.807, 2.05) is 35.0 Å². The van der Waals surface area contributed by atoms with Crippen molar-refractivity contribution in [3.8, 4) is 17.0 Å². The maximum atomic E-state index is 13.5. The topological polar surface area (TPSA) is 73.7 Å². The van der Waals surface area contributed by atoms with Crippen LogP contribution in [0.5, 0.6) is 5.75 Å². The largest absolute Gasteiger partial charge is 0.481 e. The minimum absolute atomic E-state index is 0.0161. The summed E-state index contributed by atoms with van der Waals surface area (Å²) < 4.78 is 26.2. The number of piperidine rings is 1. The van der Waals surface area contributed by atoms with Crippen LogP contribution in [0.1, 0.15) is 43.2 Å². The minimum Gasteiger partial charge on any atom is -0.481 e. The summed E-state index contributed by atoms with van der Waals surface area (Å²) in [7, 11) is 0. The van der Waals surface area contributed by atoms with Gasteiger partial charge in [-0.25, -0.2) is 9.18 Å². The number of likely N-dealkylation sites (tertiary alicyclic amines) is 1. The van der Waals surface area contributed by atoms with Gasteiger partial charge in [-0.1, -0.05) is 18.2 Å². The van der Waals surface area contributed by atoms with E-state index in [0.717, 1.165) is 5.56 Å². The summed E-state index contributed by atoms with van der Waals surface area (Å²) in [5.74, 6) is -0.234. The van der Waals surface area contributed by atoms with Crippen molar-refractivity contribution in [2.24, 2.45) is 0 Å². The van der Waals surface area contributed by atoms with E-state index < -0.39 is 12.1 Å². The second-order valence-electron chi connectivity index (χ2n) is 8.22. The van der Waals surface area contributed by atoms with Crippen molar-refractivity contribution >= 4 is 11.9 Å². The van der Waals surface area contributed by atoms with Crippen molar-refractivity contribution in [1.82, 2.24) is 14.7 Å². The van der Waals surface area contributed by atoms with Gasteiger partial charge in [-0.15, -0.1) is 0 Å². The Morgan fingerprint density at radius 2 is 1.76 bits per heavy atom. The molecule has 1 aromatic heterocycles. The Balaban J connectivity index is 1.48. The summed E-state index contributed by atoms with van der Waals surface area (Å²) in [5.41, 5.74) is 1.69. The first-order chi connectivity index (χ1) is 16.5. The number of rotatable bonds is 7. The summed E-state index contributed by atoms with van der Waals surface area (Å²) in [5, 5.41) is 4.53. The van der Waals surface area contributed by atoms with E-state index >= 15 is 0 Å². The minimum atomic E-state index is -0.589. The number of esters is 1. The van der Waals surface area contributed by atoms with Gasteiger partial charge in [0.25, 0.3) is 5.91 Å². The van der Waals surface area contributed by atoms with Crippen LogP contribution in [0.15, 0.2) is 60.7 Å². The Hall–Kier alpha value is -3.68. The van der Waals surface area contributed by atoms with E-state index in [1.165, 1.54) is 12.1 Å². The summed E-state index contributed by atoms with van der Waals surface area (Å²) in [6.07, 6.45) is 0.748. The highest BCUT2D eigenvalue weighted by molar-refractivity contribution is 5.88. The molecule has 1 atom stereocenters. The molecule has 0 saturated carbocycles. The number of amides is 1. The Labute approximate surface area is 198 Å². The molecule has 3 aromatic rings. The lowest BCUT2D eigenvalue weighted by atomic mass is 10.0. The van der Waals surface area contributed by atoms with Crippen molar-refractivity contribution in [3.05, 3.63) is 72.2 Å². The highest BCUT2D eigenvalue weighted by Gasteiger charge is 2.30. The first kappa shape index (κ1) is 23.5. The van der Waals surface area contributed by atoms with Gasteiger partial charge >= 0.3 is 5.97 Å². The molecule has 34 heavy (non-hydrogen) atoms. The molecule has 1 aliphatic heterocycles. The van der Waals surface area contributed by atoms with Gasteiger partial charge in [0.2, 0.25) is 0 Å². The standard InChI is InChI=1S/C26H28FN3O4/c1-3-33-26(32)23-17-24(19-9-11-20(27)12-10-19)30(28-23)21-13-15-29(16-14-21)25(31)18(2)34-22-7-5-4-6-8-22/h4-12,17-18,21H,3,13-16H2,1-2H3/t18-/m1/s1. The predicted molar refractivity (Wildman–Crippen MR) is 125 cm³/mol. The lowest BCUT2D eigenvalue weighted by Crippen LogP contribution is -2.45. The SMILES string of the molecule is CCOC(=O)c1cc(-c2ccc(F)cc2)n(C2CCN(C(=O)[C@@H](C)Oc3ccccc3)CC2)n1.